The van der Waals surface area contributed by atoms with Gasteiger partial charge in [0.05, 0.1) is 6.20 Å². The standard InChI is InChI=1S/C12H23N3O2/c1-5-16-12(17-6-2)9-15(4)8-11-7-13-14-10(11)3/h7,12H,5-6,8-9H2,1-4H3,(H,13,14). The van der Waals surface area contributed by atoms with E-state index in [1.807, 2.05) is 27.0 Å². The van der Waals surface area contributed by atoms with E-state index in [0.29, 0.717) is 13.2 Å². The van der Waals surface area contributed by atoms with Gasteiger partial charge in [-0.15, -0.1) is 0 Å². The molecule has 0 aromatic carbocycles. The number of nitrogens with one attached hydrogen (secondary N) is 1. The van der Waals surface area contributed by atoms with Gasteiger partial charge in [0.1, 0.15) is 0 Å². The van der Waals surface area contributed by atoms with Gasteiger partial charge in [-0.3, -0.25) is 10.00 Å². The molecule has 1 aromatic rings. The summed E-state index contributed by atoms with van der Waals surface area (Å²) in [5.41, 5.74) is 2.32. The van der Waals surface area contributed by atoms with Crippen molar-refractivity contribution in [3.8, 4) is 0 Å². The van der Waals surface area contributed by atoms with Gasteiger partial charge in [-0.2, -0.15) is 5.10 Å². The van der Waals surface area contributed by atoms with E-state index in [1.165, 1.54) is 5.56 Å². The quantitative estimate of drug-likeness (QED) is 0.702. The van der Waals surface area contributed by atoms with Gasteiger partial charge in [-0.05, 0) is 27.8 Å². The largest absolute Gasteiger partial charge is 0.352 e. The molecule has 5 heteroatoms. The minimum absolute atomic E-state index is 0.151. The molecule has 0 aliphatic carbocycles. The Bertz CT molecular complexity index is 308. The van der Waals surface area contributed by atoms with Gasteiger partial charge < -0.3 is 9.47 Å². The smallest absolute Gasteiger partial charge is 0.170 e. The average molecular weight is 241 g/mol. The van der Waals surface area contributed by atoms with Crippen LogP contribution in [0.2, 0.25) is 0 Å². The molecule has 98 valence electrons. The molecule has 0 unspecified atom stereocenters. The Balaban J connectivity index is 2.41. The normalized spacial score (nSPS) is 11.6. The van der Waals surface area contributed by atoms with Crippen LogP contribution in [0.1, 0.15) is 25.1 Å². The van der Waals surface area contributed by atoms with Crippen molar-refractivity contribution in [3.05, 3.63) is 17.5 Å². The summed E-state index contributed by atoms with van der Waals surface area (Å²) in [7, 11) is 2.05. The Morgan fingerprint density at radius 3 is 2.47 bits per heavy atom. The molecule has 1 aromatic heterocycles. The number of rotatable bonds is 8. The number of aromatic amines is 1. The van der Waals surface area contributed by atoms with Gasteiger partial charge in [-0.25, -0.2) is 0 Å². The summed E-state index contributed by atoms with van der Waals surface area (Å²) in [6.07, 6.45) is 1.71. The van der Waals surface area contributed by atoms with Crippen molar-refractivity contribution in [1.82, 2.24) is 15.1 Å². The first-order valence-corrected chi connectivity index (χ1v) is 6.07. The fourth-order valence-electron chi connectivity index (χ4n) is 1.67. The zero-order valence-corrected chi connectivity index (χ0v) is 11.2. The molecule has 0 radical (unpaired) electrons. The van der Waals surface area contributed by atoms with E-state index in [2.05, 4.69) is 22.1 Å². The molecular weight excluding hydrogens is 218 g/mol. The number of aromatic nitrogens is 2. The Labute approximate surface area is 103 Å². The van der Waals surface area contributed by atoms with Crippen LogP contribution < -0.4 is 0 Å². The Hall–Kier alpha value is -0.910. The van der Waals surface area contributed by atoms with Crippen LogP contribution in [-0.2, 0) is 16.0 Å². The van der Waals surface area contributed by atoms with Crippen LogP contribution in [0.3, 0.4) is 0 Å². The molecule has 0 saturated heterocycles. The topological polar surface area (TPSA) is 50.4 Å². The second-order valence-corrected chi connectivity index (χ2v) is 4.06. The lowest BCUT2D eigenvalue weighted by Gasteiger charge is -2.23. The maximum atomic E-state index is 5.52. The highest BCUT2D eigenvalue weighted by Crippen LogP contribution is 2.07. The third-order valence-corrected chi connectivity index (χ3v) is 2.54. The summed E-state index contributed by atoms with van der Waals surface area (Å²) >= 11 is 0. The number of likely N-dealkylation sites (N-methyl/N-ethyl adjacent to an activating group) is 1. The van der Waals surface area contributed by atoms with E-state index in [-0.39, 0.29) is 6.29 Å². The summed E-state index contributed by atoms with van der Waals surface area (Å²) in [6.45, 7) is 8.93. The fraction of sp³-hybridized carbons (Fsp3) is 0.750. The highest BCUT2D eigenvalue weighted by Gasteiger charge is 2.12. The number of ether oxygens (including phenoxy) is 2. The van der Waals surface area contributed by atoms with E-state index < -0.39 is 0 Å². The zero-order chi connectivity index (χ0) is 12.7. The molecule has 0 fully saturated rings. The molecule has 0 amide bonds. The van der Waals surface area contributed by atoms with Gasteiger partial charge in [-0.1, -0.05) is 0 Å². The van der Waals surface area contributed by atoms with E-state index in [1.54, 1.807) is 0 Å². The third-order valence-electron chi connectivity index (χ3n) is 2.54. The van der Waals surface area contributed by atoms with E-state index in [9.17, 15) is 0 Å². The minimum Gasteiger partial charge on any atom is -0.352 e. The molecule has 1 heterocycles. The number of aryl methyl sites for hydroxylation is 1. The SMILES string of the molecule is CCOC(CN(C)Cc1cn[nH]c1C)OCC. The summed E-state index contributed by atoms with van der Waals surface area (Å²) < 4.78 is 11.0. The van der Waals surface area contributed by atoms with Gasteiger partial charge in [0.15, 0.2) is 6.29 Å². The first-order valence-electron chi connectivity index (χ1n) is 6.07. The monoisotopic (exact) mass is 241 g/mol. The lowest BCUT2D eigenvalue weighted by atomic mass is 10.2. The number of hydrogen-bond acceptors (Lipinski definition) is 4. The van der Waals surface area contributed by atoms with Crippen LogP contribution in [0.5, 0.6) is 0 Å². The summed E-state index contributed by atoms with van der Waals surface area (Å²) in [6, 6.07) is 0. The molecular formula is C12H23N3O2. The highest BCUT2D eigenvalue weighted by atomic mass is 16.7. The van der Waals surface area contributed by atoms with Crippen molar-refractivity contribution < 1.29 is 9.47 Å². The molecule has 0 saturated carbocycles. The molecule has 0 aliphatic heterocycles. The molecule has 0 bridgehead atoms. The predicted molar refractivity (Wildman–Crippen MR) is 66.7 cm³/mol. The second-order valence-electron chi connectivity index (χ2n) is 4.06. The average Bonchev–Trinajstić information content (AvgIpc) is 2.65. The van der Waals surface area contributed by atoms with Crippen molar-refractivity contribution in [2.45, 2.75) is 33.6 Å². The van der Waals surface area contributed by atoms with Crippen molar-refractivity contribution in [2.24, 2.45) is 0 Å². The number of H-pyrrole nitrogens is 1. The molecule has 1 rings (SSSR count). The first kappa shape index (κ1) is 14.2. The first-order chi connectivity index (χ1) is 8.17. The van der Waals surface area contributed by atoms with Crippen LogP contribution in [0.4, 0.5) is 0 Å². The van der Waals surface area contributed by atoms with Crippen LogP contribution in [0.25, 0.3) is 0 Å². The molecule has 0 aliphatic rings. The van der Waals surface area contributed by atoms with E-state index in [4.69, 9.17) is 9.47 Å². The maximum Gasteiger partial charge on any atom is 0.170 e. The minimum atomic E-state index is -0.151. The van der Waals surface area contributed by atoms with Crippen LogP contribution in [-0.4, -0.2) is 48.2 Å². The Morgan fingerprint density at radius 1 is 1.35 bits per heavy atom. The van der Waals surface area contributed by atoms with Crippen LogP contribution in [0.15, 0.2) is 6.20 Å². The lowest BCUT2D eigenvalue weighted by Crippen LogP contribution is -2.33. The predicted octanol–water partition coefficient (Wildman–Crippen LogP) is 1.55. The van der Waals surface area contributed by atoms with Crippen LogP contribution in [0, 0.1) is 6.92 Å². The molecule has 5 nitrogen and oxygen atoms in total. The fourth-order valence-corrected chi connectivity index (χ4v) is 1.67. The highest BCUT2D eigenvalue weighted by molar-refractivity contribution is 5.13. The zero-order valence-electron chi connectivity index (χ0n) is 11.2. The molecule has 17 heavy (non-hydrogen) atoms. The van der Waals surface area contributed by atoms with Crippen LogP contribution >= 0.6 is 0 Å². The molecule has 0 atom stereocenters. The summed E-state index contributed by atoms with van der Waals surface area (Å²) in [5, 5.41) is 6.95. The number of hydrogen-bond donors (Lipinski definition) is 1. The van der Waals surface area contributed by atoms with Gasteiger partial charge in [0.25, 0.3) is 0 Å². The van der Waals surface area contributed by atoms with Crippen molar-refractivity contribution in [3.63, 3.8) is 0 Å². The summed E-state index contributed by atoms with van der Waals surface area (Å²) in [4.78, 5) is 2.17. The van der Waals surface area contributed by atoms with Gasteiger partial charge in [0.2, 0.25) is 0 Å². The van der Waals surface area contributed by atoms with E-state index >= 15 is 0 Å². The Kier molecular flexibility index (Phi) is 6.18. The molecule has 1 N–H and O–H groups in total. The van der Waals surface area contributed by atoms with Gasteiger partial charge >= 0.3 is 0 Å². The van der Waals surface area contributed by atoms with Crippen molar-refractivity contribution in [2.75, 3.05) is 26.8 Å². The molecule has 0 spiro atoms. The lowest BCUT2D eigenvalue weighted by molar-refractivity contribution is -0.145. The van der Waals surface area contributed by atoms with Gasteiger partial charge in [0, 0.05) is 37.6 Å². The van der Waals surface area contributed by atoms with Crippen molar-refractivity contribution >= 4 is 0 Å². The summed E-state index contributed by atoms with van der Waals surface area (Å²) in [5.74, 6) is 0. The number of nitrogens with zero attached hydrogens (tertiary/aromatic N) is 2. The Morgan fingerprint density at radius 2 is 2.00 bits per heavy atom. The second kappa shape index (κ2) is 7.42. The maximum absolute atomic E-state index is 5.52. The van der Waals surface area contributed by atoms with E-state index in [0.717, 1.165) is 18.8 Å². The third kappa shape index (κ3) is 4.85. The van der Waals surface area contributed by atoms with Crippen molar-refractivity contribution in [1.29, 1.82) is 0 Å².